The number of esters is 1. The van der Waals surface area contributed by atoms with E-state index in [9.17, 15) is 14.3 Å². The number of carbonyl (C=O) groups is 1. The van der Waals surface area contributed by atoms with E-state index >= 15 is 0 Å². The van der Waals surface area contributed by atoms with Crippen LogP contribution in [0.25, 0.3) is 5.76 Å². The van der Waals surface area contributed by atoms with E-state index in [4.69, 9.17) is 4.74 Å². The molecular weight excluding hydrogens is 367 g/mol. The number of fused-ring (bicyclic) bond motifs is 1. The van der Waals surface area contributed by atoms with E-state index < -0.39 is 11.8 Å². The highest BCUT2D eigenvalue weighted by molar-refractivity contribution is 7.99. The number of hydrogen-bond donors (Lipinski definition) is 1. The zero-order valence-electron chi connectivity index (χ0n) is 15.5. The second kappa shape index (κ2) is 8.00. The molecule has 1 aliphatic rings. The molecule has 1 aliphatic heterocycles. The highest BCUT2D eigenvalue weighted by atomic mass is 32.2. The minimum Gasteiger partial charge on any atom is -0.507 e. The number of halogens is 1. The number of hydrogen-bond acceptors (Lipinski definition) is 6. The maximum atomic E-state index is 14.7. The number of aryl methyl sites for hydroxylation is 1. The molecule has 0 fully saturated rings. The number of aliphatic hydroxyl groups excluding tert-OH is 1. The second-order valence-corrected chi connectivity index (χ2v) is 7.19. The van der Waals surface area contributed by atoms with Crippen LogP contribution >= 0.6 is 11.8 Å². The lowest BCUT2D eigenvalue weighted by molar-refractivity contribution is -0.138. The summed E-state index contributed by atoms with van der Waals surface area (Å²) < 4.78 is 19.7. The molecule has 0 saturated heterocycles. The molecule has 0 amide bonds. The molecule has 0 saturated carbocycles. The number of anilines is 1. The van der Waals surface area contributed by atoms with Crippen LogP contribution in [0.2, 0.25) is 0 Å². The largest absolute Gasteiger partial charge is 0.507 e. The van der Waals surface area contributed by atoms with Crippen LogP contribution in [0.15, 0.2) is 45.8 Å². The SMILES string of the molecule is CCOC(=O)C1=C(O)c2cc(F)c(Sc3ccc(C)cc3)nc2N(CC)C1. The van der Waals surface area contributed by atoms with Crippen LogP contribution in [0.1, 0.15) is 25.0 Å². The van der Waals surface area contributed by atoms with Gasteiger partial charge in [0.2, 0.25) is 0 Å². The third-order valence-electron chi connectivity index (χ3n) is 4.25. The molecule has 0 aliphatic carbocycles. The lowest BCUT2D eigenvalue weighted by atomic mass is 10.0. The van der Waals surface area contributed by atoms with Crippen LogP contribution in [0.3, 0.4) is 0 Å². The Morgan fingerprint density at radius 2 is 2.04 bits per heavy atom. The molecule has 2 heterocycles. The number of rotatable bonds is 5. The molecule has 1 N–H and O–H groups in total. The molecule has 142 valence electrons. The van der Waals surface area contributed by atoms with Crippen molar-refractivity contribution in [2.45, 2.75) is 30.7 Å². The summed E-state index contributed by atoms with van der Waals surface area (Å²) in [6, 6.07) is 8.96. The zero-order valence-corrected chi connectivity index (χ0v) is 16.3. The van der Waals surface area contributed by atoms with Gasteiger partial charge in [0.25, 0.3) is 0 Å². The molecule has 0 spiro atoms. The fourth-order valence-corrected chi connectivity index (χ4v) is 3.60. The Kier molecular flexibility index (Phi) is 5.70. The van der Waals surface area contributed by atoms with E-state index in [2.05, 4.69) is 4.98 Å². The zero-order chi connectivity index (χ0) is 19.6. The predicted octanol–water partition coefficient (Wildman–Crippen LogP) is 4.35. The molecule has 0 unspecified atom stereocenters. The summed E-state index contributed by atoms with van der Waals surface area (Å²) in [5.74, 6) is -0.963. The summed E-state index contributed by atoms with van der Waals surface area (Å²) in [6.45, 7) is 6.51. The van der Waals surface area contributed by atoms with E-state index in [0.29, 0.717) is 12.4 Å². The van der Waals surface area contributed by atoms with Gasteiger partial charge in [-0.15, -0.1) is 0 Å². The number of aromatic nitrogens is 1. The van der Waals surface area contributed by atoms with Gasteiger partial charge in [-0.05, 0) is 39.0 Å². The van der Waals surface area contributed by atoms with Gasteiger partial charge in [0.15, 0.2) is 5.82 Å². The molecule has 1 aromatic carbocycles. The van der Waals surface area contributed by atoms with Crippen LogP contribution in [-0.4, -0.2) is 35.8 Å². The fraction of sp³-hybridized carbons (Fsp3) is 0.300. The number of ether oxygens (including phenoxy) is 1. The van der Waals surface area contributed by atoms with Crippen LogP contribution < -0.4 is 4.90 Å². The third kappa shape index (κ3) is 3.93. The van der Waals surface area contributed by atoms with Gasteiger partial charge in [0, 0.05) is 11.4 Å². The van der Waals surface area contributed by atoms with Crippen molar-refractivity contribution < 1.29 is 19.0 Å². The monoisotopic (exact) mass is 388 g/mol. The smallest absolute Gasteiger partial charge is 0.339 e. The average Bonchev–Trinajstić information content (AvgIpc) is 2.65. The molecule has 0 radical (unpaired) electrons. The van der Waals surface area contributed by atoms with Crippen molar-refractivity contribution in [2.24, 2.45) is 0 Å². The molecule has 1 aromatic heterocycles. The molecule has 3 rings (SSSR count). The lowest BCUT2D eigenvalue weighted by Crippen LogP contribution is -2.34. The summed E-state index contributed by atoms with van der Waals surface area (Å²) >= 11 is 1.22. The Hall–Kier alpha value is -2.54. The Labute approximate surface area is 161 Å². The Morgan fingerprint density at radius 1 is 1.33 bits per heavy atom. The first-order valence-electron chi connectivity index (χ1n) is 8.74. The van der Waals surface area contributed by atoms with Gasteiger partial charge in [0.05, 0.1) is 24.3 Å². The lowest BCUT2D eigenvalue weighted by Gasteiger charge is -2.30. The van der Waals surface area contributed by atoms with Crippen molar-refractivity contribution in [1.29, 1.82) is 0 Å². The van der Waals surface area contributed by atoms with Crippen LogP contribution in [-0.2, 0) is 9.53 Å². The predicted molar refractivity (Wildman–Crippen MR) is 104 cm³/mol. The van der Waals surface area contributed by atoms with E-state index in [-0.39, 0.29) is 35.1 Å². The molecular formula is C20H21FN2O3S. The number of benzene rings is 1. The van der Waals surface area contributed by atoms with Gasteiger partial charge in [-0.3, -0.25) is 0 Å². The van der Waals surface area contributed by atoms with Gasteiger partial charge >= 0.3 is 5.97 Å². The van der Waals surface area contributed by atoms with Crippen LogP contribution in [0, 0.1) is 12.7 Å². The number of aliphatic hydroxyl groups is 1. The topological polar surface area (TPSA) is 62.7 Å². The fourth-order valence-electron chi connectivity index (χ4n) is 2.81. The number of likely N-dealkylation sites (N-methyl/N-ethyl adjacent to an activating group) is 1. The number of carbonyl (C=O) groups excluding carboxylic acids is 1. The van der Waals surface area contributed by atoms with Crippen LogP contribution in [0.4, 0.5) is 10.2 Å². The minimum absolute atomic E-state index is 0.117. The van der Waals surface area contributed by atoms with Crippen molar-refractivity contribution in [3.63, 3.8) is 0 Å². The summed E-state index contributed by atoms with van der Waals surface area (Å²) in [7, 11) is 0. The highest BCUT2D eigenvalue weighted by Gasteiger charge is 2.31. The van der Waals surface area contributed by atoms with E-state index in [1.807, 2.05) is 43.0 Å². The Balaban J connectivity index is 2.02. The second-order valence-electron chi connectivity index (χ2n) is 6.12. The highest BCUT2D eigenvalue weighted by Crippen LogP contribution is 2.37. The van der Waals surface area contributed by atoms with Gasteiger partial charge in [-0.2, -0.15) is 0 Å². The van der Waals surface area contributed by atoms with Crippen molar-refractivity contribution >= 4 is 29.3 Å². The van der Waals surface area contributed by atoms with Crippen molar-refractivity contribution in [3.8, 4) is 0 Å². The van der Waals surface area contributed by atoms with Crippen molar-refractivity contribution in [2.75, 3.05) is 24.6 Å². The molecule has 0 bridgehead atoms. The molecule has 0 atom stereocenters. The molecule has 7 heteroatoms. The molecule has 27 heavy (non-hydrogen) atoms. The number of pyridine rings is 1. The maximum Gasteiger partial charge on any atom is 0.339 e. The van der Waals surface area contributed by atoms with E-state index in [1.165, 1.54) is 17.8 Å². The summed E-state index contributed by atoms with van der Waals surface area (Å²) in [5, 5.41) is 10.7. The van der Waals surface area contributed by atoms with E-state index in [0.717, 1.165) is 10.5 Å². The average molecular weight is 388 g/mol. The van der Waals surface area contributed by atoms with Gasteiger partial charge < -0.3 is 14.7 Å². The Bertz CT molecular complexity index is 897. The minimum atomic E-state index is -0.599. The summed E-state index contributed by atoms with van der Waals surface area (Å²) in [4.78, 5) is 19.2. The summed E-state index contributed by atoms with van der Waals surface area (Å²) in [6.07, 6.45) is 0. The maximum absolute atomic E-state index is 14.7. The quantitative estimate of drug-likeness (QED) is 0.769. The first-order valence-corrected chi connectivity index (χ1v) is 9.55. The number of nitrogens with zero attached hydrogens (tertiary/aromatic N) is 2. The summed E-state index contributed by atoms with van der Waals surface area (Å²) in [5.41, 5.74) is 1.44. The normalized spacial score (nSPS) is 13.6. The van der Waals surface area contributed by atoms with Crippen molar-refractivity contribution in [3.05, 3.63) is 52.8 Å². The first-order chi connectivity index (χ1) is 12.9. The third-order valence-corrected chi connectivity index (χ3v) is 5.24. The van der Waals surface area contributed by atoms with Crippen LogP contribution in [0.5, 0.6) is 0 Å². The van der Waals surface area contributed by atoms with E-state index in [1.54, 1.807) is 6.92 Å². The van der Waals surface area contributed by atoms with Gasteiger partial charge in [0.1, 0.15) is 16.6 Å². The standard InChI is InChI=1S/C20H21FN2O3S/c1-4-23-11-15(20(25)26-5-2)17(24)14-10-16(21)19(22-18(14)23)27-13-8-6-12(3)7-9-13/h6-10,24H,4-5,11H2,1-3H3. The molecule has 2 aromatic rings. The molecule has 5 nitrogen and oxygen atoms in total. The van der Waals surface area contributed by atoms with Gasteiger partial charge in [-0.25, -0.2) is 14.2 Å². The Morgan fingerprint density at radius 3 is 2.67 bits per heavy atom. The first kappa shape index (κ1) is 19.2. The van der Waals surface area contributed by atoms with Gasteiger partial charge in [-0.1, -0.05) is 29.5 Å². The van der Waals surface area contributed by atoms with Crippen molar-refractivity contribution in [1.82, 2.24) is 4.98 Å².